The highest BCUT2D eigenvalue weighted by Gasteiger charge is 2.26. The van der Waals surface area contributed by atoms with Crippen molar-refractivity contribution in [2.45, 2.75) is 32.9 Å². The number of rotatable bonds is 5. The zero-order valence-corrected chi connectivity index (χ0v) is 21.1. The van der Waals surface area contributed by atoms with Gasteiger partial charge in [-0.3, -0.25) is 9.89 Å². The first-order chi connectivity index (χ1) is 17.2. The number of hydrogen-bond acceptors (Lipinski definition) is 5. The molecule has 2 N–H and O–H groups in total. The predicted molar refractivity (Wildman–Crippen MR) is 140 cm³/mol. The highest BCUT2D eigenvalue weighted by atomic mass is 19.1. The second-order valence-electron chi connectivity index (χ2n) is 9.19. The molecule has 0 unspecified atom stereocenters. The Morgan fingerprint density at radius 1 is 1.19 bits per heavy atom. The van der Waals surface area contributed by atoms with Crippen molar-refractivity contribution in [3.05, 3.63) is 65.6 Å². The Morgan fingerprint density at radius 3 is 2.47 bits per heavy atom. The van der Waals surface area contributed by atoms with Crippen LogP contribution >= 0.6 is 0 Å². The summed E-state index contributed by atoms with van der Waals surface area (Å²) in [5.41, 5.74) is 2.59. The summed E-state index contributed by atoms with van der Waals surface area (Å²) in [4.78, 5) is 11.7. The molecule has 0 aliphatic carbocycles. The number of aromatic nitrogens is 1. The van der Waals surface area contributed by atoms with Gasteiger partial charge in [0.05, 0.1) is 5.52 Å². The van der Waals surface area contributed by atoms with E-state index in [1.807, 2.05) is 30.3 Å². The molecule has 3 aromatic rings. The van der Waals surface area contributed by atoms with E-state index >= 15 is 0 Å². The van der Waals surface area contributed by atoms with Crippen molar-refractivity contribution in [2.24, 2.45) is 4.99 Å². The van der Waals surface area contributed by atoms with Crippen molar-refractivity contribution in [3.63, 3.8) is 0 Å². The number of nitrogens with zero attached hydrogens (tertiary/aromatic N) is 4. The SMILES string of the molecule is CN=C(Nc1ccc(N2C[C@@H](C)N(C)[C@@H](C)C2)cc1)/C(C#N)=C/Oc1cc(F)c2[nH]c(C)cc2c1F. The second kappa shape index (κ2) is 10.4. The van der Waals surface area contributed by atoms with Crippen LogP contribution in [0.4, 0.5) is 20.2 Å². The summed E-state index contributed by atoms with van der Waals surface area (Å²) in [6, 6.07) is 13.3. The van der Waals surface area contributed by atoms with E-state index in [4.69, 9.17) is 4.74 Å². The molecule has 0 saturated carbocycles. The van der Waals surface area contributed by atoms with Gasteiger partial charge in [-0.1, -0.05) is 0 Å². The first-order valence-electron chi connectivity index (χ1n) is 11.8. The van der Waals surface area contributed by atoms with Crippen LogP contribution < -0.4 is 15.0 Å². The average Bonchev–Trinajstić information content (AvgIpc) is 3.27. The normalized spacial score (nSPS) is 19.4. The zero-order valence-electron chi connectivity index (χ0n) is 21.1. The Balaban J connectivity index is 1.49. The molecule has 0 bridgehead atoms. The van der Waals surface area contributed by atoms with E-state index in [0.717, 1.165) is 36.8 Å². The number of aryl methyl sites for hydroxylation is 1. The molecule has 0 radical (unpaired) electrons. The largest absolute Gasteiger partial charge is 0.460 e. The highest BCUT2D eigenvalue weighted by molar-refractivity contribution is 6.10. The molecule has 1 aliphatic rings. The van der Waals surface area contributed by atoms with E-state index in [9.17, 15) is 14.0 Å². The summed E-state index contributed by atoms with van der Waals surface area (Å²) in [6.07, 6.45) is 1.07. The Kier molecular flexibility index (Phi) is 7.27. The van der Waals surface area contributed by atoms with E-state index in [1.54, 1.807) is 6.92 Å². The Bertz CT molecular complexity index is 1340. The fourth-order valence-electron chi connectivity index (χ4n) is 4.43. The maximum Gasteiger partial charge on any atom is 0.175 e. The number of hydrogen-bond donors (Lipinski definition) is 2. The molecular weight excluding hydrogens is 462 g/mol. The van der Waals surface area contributed by atoms with Gasteiger partial charge in [0.25, 0.3) is 0 Å². The van der Waals surface area contributed by atoms with Gasteiger partial charge in [-0.15, -0.1) is 0 Å². The third-order valence-corrected chi connectivity index (χ3v) is 6.66. The first-order valence-corrected chi connectivity index (χ1v) is 11.8. The Hall–Kier alpha value is -3.90. The average molecular weight is 493 g/mol. The third-order valence-electron chi connectivity index (χ3n) is 6.66. The molecule has 1 aromatic heterocycles. The van der Waals surface area contributed by atoms with Crippen LogP contribution in [0, 0.1) is 29.9 Å². The molecule has 9 heteroatoms. The number of benzene rings is 2. The fourth-order valence-corrected chi connectivity index (χ4v) is 4.43. The molecule has 1 fully saturated rings. The number of aromatic amines is 1. The second-order valence-corrected chi connectivity index (χ2v) is 9.19. The maximum atomic E-state index is 14.8. The van der Waals surface area contributed by atoms with Gasteiger partial charge in [0.15, 0.2) is 17.4 Å². The Morgan fingerprint density at radius 2 is 1.86 bits per heavy atom. The smallest absolute Gasteiger partial charge is 0.175 e. The molecule has 1 saturated heterocycles. The van der Waals surface area contributed by atoms with Crippen LogP contribution in [0.2, 0.25) is 0 Å². The number of H-pyrrole nitrogens is 1. The lowest BCUT2D eigenvalue weighted by atomic mass is 10.1. The molecule has 188 valence electrons. The summed E-state index contributed by atoms with van der Waals surface area (Å²) < 4.78 is 34.6. The predicted octanol–water partition coefficient (Wildman–Crippen LogP) is 5.21. The van der Waals surface area contributed by atoms with E-state index in [-0.39, 0.29) is 28.1 Å². The Labute approximate surface area is 209 Å². The van der Waals surface area contributed by atoms with Crippen LogP contribution in [0.5, 0.6) is 5.75 Å². The summed E-state index contributed by atoms with van der Waals surface area (Å²) in [6.45, 7) is 8.04. The van der Waals surface area contributed by atoms with Gasteiger partial charge in [0.1, 0.15) is 23.7 Å². The number of amidine groups is 1. The minimum Gasteiger partial charge on any atom is -0.460 e. The summed E-state index contributed by atoms with van der Waals surface area (Å²) in [7, 11) is 3.68. The number of aliphatic imine (C=N–C) groups is 1. The van der Waals surface area contributed by atoms with Gasteiger partial charge in [0.2, 0.25) is 0 Å². The van der Waals surface area contributed by atoms with Crippen LogP contribution in [0.15, 0.2) is 53.2 Å². The molecule has 2 aromatic carbocycles. The molecule has 2 atom stereocenters. The number of anilines is 2. The monoisotopic (exact) mass is 492 g/mol. The van der Waals surface area contributed by atoms with E-state index in [0.29, 0.717) is 17.8 Å². The molecule has 1 aliphatic heterocycles. The van der Waals surface area contributed by atoms with Gasteiger partial charge in [-0.05, 0) is 58.2 Å². The summed E-state index contributed by atoms with van der Waals surface area (Å²) in [5, 5.41) is 12.9. The molecule has 2 heterocycles. The van der Waals surface area contributed by atoms with Gasteiger partial charge in [-0.2, -0.15) is 5.26 Å². The highest BCUT2D eigenvalue weighted by Crippen LogP contribution is 2.30. The first kappa shape index (κ1) is 25.2. The minimum absolute atomic E-state index is 0.0356. The van der Waals surface area contributed by atoms with Crippen molar-refractivity contribution in [1.82, 2.24) is 9.88 Å². The fraction of sp³-hybridized carbons (Fsp3) is 0.333. The van der Waals surface area contributed by atoms with Crippen LogP contribution in [0.3, 0.4) is 0 Å². The quantitative estimate of drug-likeness (QED) is 0.221. The third kappa shape index (κ3) is 5.04. The number of fused-ring (bicyclic) bond motifs is 1. The number of piperazine rings is 1. The number of nitrogens with one attached hydrogen (secondary N) is 2. The molecule has 4 rings (SSSR count). The number of ether oxygens (including phenoxy) is 1. The standard InChI is InChI=1S/C27H30F2N6O/c1-16-10-22-25(29)24(11-23(28)26(22)32-16)36-15-19(12-30)27(31-4)33-20-6-8-21(9-7-20)35-13-17(2)34(5)18(3)14-35/h6-11,15,17-18,32H,13-14H2,1-5H3,(H,31,33)/b19-15+/t17-,18+. The van der Waals surface area contributed by atoms with E-state index < -0.39 is 11.6 Å². The van der Waals surface area contributed by atoms with Crippen molar-refractivity contribution < 1.29 is 13.5 Å². The topological polar surface area (TPSA) is 79.7 Å². The van der Waals surface area contributed by atoms with Crippen molar-refractivity contribution in [2.75, 3.05) is 37.4 Å². The van der Waals surface area contributed by atoms with Gasteiger partial charge in [0, 0.05) is 60.7 Å². The number of nitriles is 1. The lowest BCUT2D eigenvalue weighted by Crippen LogP contribution is -2.55. The molecular formula is C27H30F2N6O. The zero-order chi connectivity index (χ0) is 26.0. The van der Waals surface area contributed by atoms with E-state index in [2.05, 4.69) is 46.0 Å². The van der Waals surface area contributed by atoms with Crippen LogP contribution in [0.1, 0.15) is 19.5 Å². The molecule has 0 amide bonds. The van der Waals surface area contributed by atoms with Crippen molar-refractivity contribution in [3.8, 4) is 11.8 Å². The summed E-state index contributed by atoms with van der Waals surface area (Å²) >= 11 is 0. The molecule has 7 nitrogen and oxygen atoms in total. The lowest BCUT2D eigenvalue weighted by Gasteiger charge is -2.43. The van der Waals surface area contributed by atoms with Crippen LogP contribution in [-0.2, 0) is 0 Å². The van der Waals surface area contributed by atoms with Crippen molar-refractivity contribution >= 4 is 28.1 Å². The van der Waals surface area contributed by atoms with Gasteiger partial charge < -0.3 is 19.9 Å². The van der Waals surface area contributed by atoms with Gasteiger partial charge >= 0.3 is 0 Å². The van der Waals surface area contributed by atoms with Gasteiger partial charge in [-0.25, -0.2) is 8.78 Å². The molecule has 0 spiro atoms. The maximum absolute atomic E-state index is 14.8. The van der Waals surface area contributed by atoms with Crippen LogP contribution in [0.25, 0.3) is 10.9 Å². The molecule has 36 heavy (non-hydrogen) atoms. The summed E-state index contributed by atoms with van der Waals surface area (Å²) in [5.74, 6) is -1.43. The minimum atomic E-state index is -0.713. The van der Waals surface area contributed by atoms with Crippen LogP contribution in [-0.4, -0.2) is 55.0 Å². The number of halogens is 2. The van der Waals surface area contributed by atoms with E-state index in [1.165, 1.54) is 13.1 Å². The lowest BCUT2D eigenvalue weighted by molar-refractivity contribution is 0.170. The number of likely N-dealkylation sites (N-methyl/N-ethyl adjacent to an activating group) is 1. The van der Waals surface area contributed by atoms with Crippen molar-refractivity contribution in [1.29, 1.82) is 5.26 Å².